The summed E-state index contributed by atoms with van der Waals surface area (Å²) < 4.78 is 5.79. The highest BCUT2D eigenvalue weighted by atomic mass is 16.5. The Hall–Kier alpha value is -3.31. The second-order valence-corrected chi connectivity index (χ2v) is 7.96. The van der Waals surface area contributed by atoms with Crippen LogP contribution in [0.1, 0.15) is 5.56 Å². The number of nitrogens with one attached hydrogen (secondary N) is 2. The fraction of sp³-hybridized carbons (Fsp3) is 0.240. The van der Waals surface area contributed by atoms with Crippen molar-refractivity contribution in [3.8, 4) is 5.75 Å². The number of fused-ring (bicyclic) bond motifs is 2. The summed E-state index contributed by atoms with van der Waals surface area (Å²) in [7, 11) is 0. The Kier molecular flexibility index (Phi) is 5.11. The molecule has 1 aliphatic rings. The van der Waals surface area contributed by atoms with E-state index in [1.54, 1.807) is 0 Å². The monoisotopic (exact) mass is 400 g/mol. The molecule has 1 aromatic heterocycles. The lowest BCUT2D eigenvalue weighted by Gasteiger charge is -2.32. The summed E-state index contributed by atoms with van der Waals surface area (Å²) >= 11 is 0. The number of H-pyrrole nitrogens is 1. The lowest BCUT2D eigenvalue weighted by Crippen LogP contribution is -3.13. The van der Waals surface area contributed by atoms with Gasteiger partial charge in [0.1, 0.15) is 12.3 Å². The summed E-state index contributed by atoms with van der Waals surface area (Å²) in [6.07, 6.45) is 2.12. The average Bonchev–Trinajstić information content (AvgIpc) is 3.20. The highest BCUT2D eigenvalue weighted by Gasteiger charge is 2.24. The van der Waals surface area contributed by atoms with Crippen molar-refractivity contribution >= 4 is 27.6 Å². The van der Waals surface area contributed by atoms with E-state index in [4.69, 9.17) is 4.74 Å². The minimum absolute atomic E-state index is 0.0642. The second-order valence-electron chi connectivity index (χ2n) is 7.96. The number of ether oxygens (including phenoxy) is 1. The first-order valence-electron chi connectivity index (χ1n) is 10.5. The molecule has 5 rings (SSSR count). The molecule has 5 heteroatoms. The molecule has 2 N–H and O–H groups in total. The molecule has 0 spiro atoms. The maximum Gasteiger partial charge on any atom is 0.260 e. The fourth-order valence-electron chi connectivity index (χ4n) is 4.29. The van der Waals surface area contributed by atoms with E-state index >= 15 is 0 Å². The Balaban J connectivity index is 1.13. The largest absolute Gasteiger partial charge is 0.484 e. The van der Waals surface area contributed by atoms with Crippen LogP contribution in [0.4, 0.5) is 0 Å². The van der Waals surface area contributed by atoms with Crippen LogP contribution in [0, 0.1) is 0 Å². The topological polar surface area (TPSA) is 49.8 Å². The van der Waals surface area contributed by atoms with Crippen LogP contribution in [-0.2, 0) is 11.3 Å². The molecule has 4 aromatic rings. The summed E-state index contributed by atoms with van der Waals surface area (Å²) in [5.41, 5.74) is 2.53. The summed E-state index contributed by atoms with van der Waals surface area (Å²) in [6, 6.07) is 22.5. The molecule has 1 fully saturated rings. The van der Waals surface area contributed by atoms with Crippen molar-refractivity contribution in [2.45, 2.75) is 6.54 Å². The molecule has 0 saturated carbocycles. The molecule has 5 nitrogen and oxygen atoms in total. The lowest BCUT2D eigenvalue weighted by atomic mass is 10.1. The van der Waals surface area contributed by atoms with E-state index in [9.17, 15) is 4.79 Å². The number of para-hydroxylation sites is 1. The van der Waals surface area contributed by atoms with Crippen molar-refractivity contribution in [1.82, 2.24) is 9.88 Å². The van der Waals surface area contributed by atoms with Gasteiger partial charge in [-0.1, -0.05) is 48.5 Å². The third kappa shape index (κ3) is 3.89. The van der Waals surface area contributed by atoms with Crippen LogP contribution in [-0.4, -0.2) is 48.6 Å². The van der Waals surface area contributed by atoms with Crippen molar-refractivity contribution in [3.05, 3.63) is 78.5 Å². The number of rotatable bonds is 5. The average molecular weight is 401 g/mol. The molecule has 0 bridgehead atoms. The molecule has 152 valence electrons. The SMILES string of the molecule is O=C(COc1ccc2ccccc2c1)N1CC[NH+](Cc2c[nH]c3ccccc23)CC1. The van der Waals surface area contributed by atoms with E-state index in [-0.39, 0.29) is 12.5 Å². The molecule has 1 saturated heterocycles. The molecule has 30 heavy (non-hydrogen) atoms. The van der Waals surface area contributed by atoms with Crippen LogP contribution < -0.4 is 9.64 Å². The molecule has 0 atom stereocenters. The fourth-order valence-corrected chi connectivity index (χ4v) is 4.29. The Bertz CT molecular complexity index is 1180. The Morgan fingerprint density at radius 3 is 2.60 bits per heavy atom. The van der Waals surface area contributed by atoms with Gasteiger partial charge >= 0.3 is 0 Å². The van der Waals surface area contributed by atoms with Gasteiger partial charge in [0.15, 0.2) is 6.61 Å². The summed E-state index contributed by atoms with van der Waals surface area (Å²) in [4.78, 5) is 19.4. The van der Waals surface area contributed by atoms with Gasteiger partial charge in [0, 0.05) is 22.7 Å². The number of piperazine rings is 1. The smallest absolute Gasteiger partial charge is 0.260 e. The van der Waals surface area contributed by atoms with E-state index in [1.807, 2.05) is 35.2 Å². The summed E-state index contributed by atoms with van der Waals surface area (Å²) in [6.45, 7) is 4.55. The van der Waals surface area contributed by atoms with Gasteiger partial charge in [-0.3, -0.25) is 4.79 Å². The maximum atomic E-state index is 12.6. The van der Waals surface area contributed by atoms with Crippen LogP contribution in [0.5, 0.6) is 5.75 Å². The van der Waals surface area contributed by atoms with Gasteiger partial charge in [-0.2, -0.15) is 0 Å². The standard InChI is InChI=1S/C25H25N3O2/c29-25(18-30-22-10-9-19-5-1-2-6-20(19)15-22)28-13-11-27(12-14-28)17-21-16-26-24-8-4-3-7-23(21)24/h1-10,15-16,26H,11-14,17-18H2/p+1. The molecule has 1 aliphatic heterocycles. The predicted molar refractivity (Wildman–Crippen MR) is 119 cm³/mol. The van der Waals surface area contributed by atoms with Gasteiger partial charge in [0.25, 0.3) is 5.91 Å². The van der Waals surface area contributed by atoms with Crippen LogP contribution in [0.15, 0.2) is 72.9 Å². The molecule has 0 radical (unpaired) electrons. The third-order valence-corrected chi connectivity index (χ3v) is 6.02. The number of amides is 1. The van der Waals surface area contributed by atoms with Crippen molar-refractivity contribution < 1.29 is 14.4 Å². The second kappa shape index (κ2) is 8.20. The molecule has 2 heterocycles. The Morgan fingerprint density at radius 1 is 0.967 bits per heavy atom. The molecule has 0 unspecified atom stereocenters. The molecule has 1 amide bonds. The number of quaternary nitrogens is 1. The van der Waals surface area contributed by atoms with Gasteiger partial charge in [-0.05, 0) is 29.0 Å². The summed E-state index contributed by atoms with van der Waals surface area (Å²) in [5.74, 6) is 0.806. The number of aromatic amines is 1. The lowest BCUT2D eigenvalue weighted by molar-refractivity contribution is -0.917. The number of benzene rings is 3. The molecule has 0 aliphatic carbocycles. The number of hydrogen-bond donors (Lipinski definition) is 2. The van der Waals surface area contributed by atoms with Crippen LogP contribution in [0.25, 0.3) is 21.7 Å². The van der Waals surface area contributed by atoms with Crippen LogP contribution in [0.2, 0.25) is 0 Å². The zero-order valence-corrected chi connectivity index (χ0v) is 16.9. The third-order valence-electron chi connectivity index (χ3n) is 6.02. The Labute approximate surface area is 175 Å². The van der Waals surface area contributed by atoms with Gasteiger partial charge in [-0.15, -0.1) is 0 Å². The minimum Gasteiger partial charge on any atom is -0.484 e. The van der Waals surface area contributed by atoms with Crippen molar-refractivity contribution in [2.75, 3.05) is 32.8 Å². The van der Waals surface area contributed by atoms with Crippen molar-refractivity contribution in [3.63, 3.8) is 0 Å². The predicted octanol–water partition coefficient (Wildman–Crippen LogP) is 2.63. The first-order valence-corrected chi connectivity index (χ1v) is 10.5. The van der Waals surface area contributed by atoms with Gasteiger partial charge in [-0.25, -0.2) is 0 Å². The number of carbonyl (C=O) groups excluding carboxylic acids is 1. The number of hydrogen-bond acceptors (Lipinski definition) is 2. The van der Waals surface area contributed by atoms with E-state index < -0.39 is 0 Å². The van der Waals surface area contributed by atoms with E-state index in [0.717, 1.165) is 43.9 Å². The highest BCUT2D eigenvalue weighted by Crippen LogP contribution is 2.20. The quantitative estimate of drug-likeness (QED) is 0.541. The zero-order chi connectivity index (χ0) is 20.3. The van der Waals surface area contributed by atoms with Gasteiger partial charge < -0.3 is 19.5 Å². The molecular formula is C25H26N3O2+. The van der Waals surface area contributed by atoms with Gasteiger partial charge in [0.2, 0.25) is 0 Å². The van der Waals surface area contributed by atoms with E-state index in [1.165, 1.54) is 26.8 Å². The minimum atomic E-state index is 0.0642. The van der Waals surface area contributed by atoms with Crippen LogP contribution in [0.3, 0.4) is 0 Å². The van der Waals surface area contributed by atoms with E-state index in [2.05, 4.69) is 47.6 Å². The van der Waals surface area contributed by atoms with E-state index in [0.29, 0.717) is 0 Å². The van der Waals surface area contributed by atoms with Crippen molar-refractivity contribution in [1.29, 1.82) is 0 Å². The highest BCUT2D eigenvalue weighted by molar-refractivity contribution is 5.84. The number of carbonyl (C=O) groups is 1. The van der Waals surface area contributed by atoms with Crippen molar-refractivity contribution in [2.24, 2.45) is 0 Å². The van der Waals surface area contributed by atoms with Gasteiger partial charge in [0.05, 0.1) is 26.2 Å². The first kappa shape index (κ1) is 18.7. The first-order chi connectivity index (χ1) is 14.8. The Morgan fingerprint density at radius 2 is 1.73 bits per heavy atom. The summed E-state index contributed by atoms with van der Waals surface area (Å²) in [5, 5.41) is 3.59. The molecular weight excluding hydrogens is 374 g/mol. The number of nitrogens with zero attached hydrogens (tertiary/aromatic N) is 1. The maximum absolute atomic E-state index is 12.6. The van der Waals surface area contributed by atoms with Crippen LogP contribution >= 0.6 is 0 Å². The normalized spacial score (nSPS) is 15.0. The zero-order valence-electron chi connectivity index (χ0n) is 16.9. The molecule has 3 aromatic carbocycles. The number of aromatic nitrogens is 1.